The second-order valence-electron chi connectivity index (χ2n) is 6.20. The molecule has 2 rings (SSSR count). The van der Waals surface area contributed by atoms with E-state index in [0.717, 1.165) is 32.2 Å². The highest BCUT2D eigenvalue weighted by molar-refractivity contribution is 5.81. The van der Waals surface area contributed by atoms with Gasteiger partial charge in [0, 0.05) is 12.6 Å². The lowest BCUT2D eigenvalue weighted by atomic mass is 9.93. The number of carbonyl (C=O) groups excluding carboxylic acids is 1. The number of carbonyl (C=O) groups is 1. The van der Waals surface area contributed by atoms with Crippen molar-refractivity contribution in [3.63, 3.8) is 0 Å². The molecule has 0 saturated heterocycles. The van der Waals surface area contributed by atoms with E-state index >= 15 is 0 Å². The Kier molecular flexibility index (Phi) is 6.24. The zero-order valence-electron chi connectivity index (χ0n) is 13.1. The maximum Gasteiger partial charge on any atom is 0.239 e. The van der Waals surface area contributed by atoms with Gasteiger partial charge < -0.3 is 10.6 Å². The molecule has 0 heterocycles. The third kappa shape index (κ3) is 4.85. The fraction of sp³-hybridized carbons (Fsp3) is 0.611. The Balaban J connectivity index is 1.90. The first-order valence-corrected chi connectivity index (χ1v) is 8.28. The highest BCUT2D eigenvalue weighted by Crippen LogP contribution is 2.23. The minimum absolute atomic E-state index is 0.120. The van der Waals surface area contributed by atoms with Crippen LogP contribution in [0.15, 0.2) is 30.3 Å². The predicted molar refractivity (Wildman–Crippen MR) is 87.0 cm³/mol. The van der Waals surface area contributed by atoms with Crippen LogP contribution >= 0.6 is 0 Å². The quantitative estimate of drug-likeness (QED) is 0.874. The molecule has 21 heavy (non-hydrogen) atoms. The van der Waals surface area contributed by atoms with Gasteiger partial charge in [0.05, 0.1) is 6.04 Å². The first kappa shape index (κ1) is 16.0. The molecule has 1 aromatic carbocycles. The summed E-state index contributed by atoms with van der Waals surface area (Å²) in [6.07, 6.45) is 8.11. The Bertz CT molecular complexity index is 424. The molecule has 1 fully saturated rings. The largest absolute Gasteiger partial charge is 0.338 e. The van der Waals surface area contributed by atoms with E-state index in [2.05, 4.69) is 29.2 Å². The Labute approximate surface area is 128 Å². The minimum Gasteiger partial charge on any atom is -0.338 e. The maximum atomic E-state index is 12.4. The summed E-state index contributed by atoms with van der Waals surface area (Å²) in [6.45, 7) is 2.63. The maximum absolute atomic E-state index is 12.4. The van der Waals surface area contributed by atoms with Gasteiger partial charge in [-0.25, -0.2) is 0 Å². The molecule has 0 aromatic heterocycles. The third-order valence-corrected chi connectivity index (χ3v) is 4.40. The van der Waals surface area contributed by atoms with Crippen LogP contribution in [-0.2, 0) is 11.2 Å². The Morgan fingerprint density at radius 3 is 2.52 bits per heavy atom. The summed E-state index contributed by atoms with van der Waals surface area (Å²) in [4.78, 5) is 14.4. The average molecular weight is 288 g/mol. The lowest BCUT2D eigenvalue weighted by Crippen LogP contribution is -2.48. The average Bonchev–Trinajstić information content (AvgIpc) is 2.53. The normalized spacial score (nSPS) is 17.4. The van der Waals surface area contributed by atoms with Crippen molar-refractivity contribution in [3.05, 3.63) is 35.9 Å². The van der Waals surface area contributed by atoms with Crippen LogP contribution in [0.2, 0.25) is 0 Å². The second-order valence-corrected chi connectivity index (χ2v) is 6.20. The number of hydrogen-bond donors (Lipinski definition) is 1. The van der Waals surface area contributed by atoms with E-state index in [1.165, 1.54) is 24.8 Å². The number of rotatable bonds is 6. The molecular weight excluding hydrogens is 260 g/mol. The van der Waals surface area contributed by atoms with Crippen LogP contribution < -0.4 is 5.73 Å². The molecule has 1 amide bonds. The van der Waals surface area contributed by atoms with Crippen molar-refractivity contribution in [3.8, 4) is 0 Å². The fourth-order valence-corrected chi connectivity index (χ4v) is 3.23. The smallest absolute Gasteiger partial charge is 0.239 e. The SMILES string of the molecule is C[C@H](N)C(=O)N(CCCc1ccccc1)C1CCCCC1. The van der Waals surface area contributed by atoms with Crippen LogP contribution in [0.25, 0.3) is 0 Å². The zero-order chi connectivity index (χ0) is 15.1. The molecule has 2 N–H and O–H groups in total. The number of nitrogens with two attached hydrogens (primary N) is 1. The van der Waals surface area contributed by atoms with Gasteiger partial charge in [0.2, 0.25) is 5.91 Å². The third-order valence-electron chi connectivity index (χ3n) is 4.40. The molecule has 1 atom stereocenters. The van der Waals surface area contributed by atoms with E-state index in [1.54, 1.807) is 6.92 Å². The number of benzene rings is 1. The van der Waals surface area contributed by atoms with Crippen LogP contribution in [-0.4, -0.2) is 29.4 Å². The molecule has 1 saturated carbocycles. The highest BCUT2D eigenvalue weighted by Gasteiger charge is 2.26. The van der Waals surface area contributed by atoms with Gasteiger partial charge in [0.25, 0.3) is 0 Å². The Morgan fingerprint density at radius 1 is 1.24 bits per heavy atom. The molecule has 0 aliphatic heterocycles. The summed E-state index contributed by atoms with van der Waals surface area (Å²) in [7, 11) is 0. The van der Waals surface area contributed by atoms with Gasteiger partial charge in [0.15, 0.2) is 0 Å². The number of nitrogens with zero attached hydrogens (tertiary/aromatic N) is 1. The van der Waals surface area contributed by atoms with Crippen molar-refractivity contribution in [1.29, 1.82) is 0 Å². The van der Waals surface area contributed by atoms with Gasteiger partial charge in [-0.05, 0) is 38.2 Å². The molecule has 0 spiro atoms. The minimum atomic E-state index is -0.386. The molecule has 1 aliphatic carbocycles. The van der Waals surface area contributed by atoms with Gasteiger partial charge >= 0.3 is 0 Å². The molecule has 0 radical (unpaired) electrons. The first-order valence-electron chi connectivity index (χ1n) is 8.28. The lowest BCUT2D eigenvalue weighted by Gasteiger charge is -2.35. The molecule has 0 bridgehead atoms. The summed E-state index contributed by atoms with van der Waals surface area (Å²) < 4.78 is 0. The molecule has 3 nitrogen and oxygen atoms in total. The molecule has 1 aliphatic rings. The fourth-order valence-electron chi connectivity index (χ4n) is 3.23. The van der Waals surface area contributed by atoms with Crippen LogP contribution in [0.5, 0.6) is 0 Å². The van der Waals surface area contributed by atoms with E-state index in [4.69, 9.17) is 5.73 Å². The molecule has 1 aromatic rings. The monoisotopic (exact) mass is 288 g/mol. The summed E-state index contributed by atoms with van der Waals surface area (Å²) >= 11 is 0. The van der Waals surface area contributed by atoms with E-state index in [0.29, 0.717) is 6.04 Å². The van der Waals surface area contributed by atoms with Crippen LogP contribution in [0.1, 0.15) is 51.0 Å². The zero-order valence-corrected chi connectivity index (χ0v) is 13.1. The standard InChI is InChI=1S/C18H28N2O/c1-15(19)18(21)20(17-12-6-3-7-13-17)14-8-11-16-9-4-2-5-10-16/h2,4-5,9-10,15,17H,3,6-8,11-14,19H2,1H3/t15-/m0/s1. The van der Waals surface area contributed by atoms with Crippen LogP contribution in [0, 0.1) is 0 Å². The van der Waals surface area contributed by atoms with Gasteiger partial charge in [-0.15, -0.1) is 0 Å². The predicted octanol–water partition coefficient (Wildman–Crippen LogP) is 3.13. The van der Waals surface area contributed by atoms with Crippen molar-refractivity contribution in [2.24, 2.45) is 5.73 Å². The van der Waals surface area contributed by atoms with Crippen molar-refractivity contribution >= 4 is 5.91 Å². The molecular formula is C18H28N2O. The Morgan fingerprint density at radius 2 is 1.90 bits per heavy atom. The molecule has 0 unspecified atom stereocenters. The lowest BCUT2D eigenvalue weighted by molar-refractivity contribution is -0.135. The van der Waals surface area contributed by atoms with Crippen LogP contribution in [0.3, 0.4) is 0 Å². The van der Waals surface area contributed by atoms with E-state index < -0.39 is 0 Å². The van der Waals surface area contributed by atoms with E-state index in [-0.39, 0.29) is 11.9 Å². The van der Waals surface area contributed by atoms with Crippen molar-refractivity contribution < 1.29 is 4.79 Å². The summed E-state index contributed by atoms with van der Waals surface area (Å²) in [5, 5.41) is 0. The Hall–Kier alpha value is -1.35. The van der Waals surface area contributed by atoms with E-state index in [1.807, 2.05) is 6.07 Å². The van der Waals surface area contributed by atoms with Gasteiger partial charge in [0.1, 0.15) is 0 Å². The van der Waals surface area contributed by atoms with Gasteiger partial charge in [-0.2, -0.15) is 0 Å². The number of aryl methyl sites for hydroxylation is 1. The highest BCUT2D eigenvalue weighted by atomic mass is 16.2. The van der Waals surface area contributed by atoms with Crippen LogP contribution in [0.4, 0.5) is 0 Å². The topological polar surface area (TPSA) is 46.3 Å². The van der Waals surface area contributed by atoms with Crippen molar-refractivity contribution in [1.82, 2.24) is 4.90 Å². The second kappa shape index (κ2) is 8.18. The molecule has 3 heteroatoms. The molecule has 116 valence electrons. The summed E-state index contributed by atoms with van der Waals surface area (Å²) in [5.41, 5.74) is 7.18. The first-order chi connectivity index (χ1) is 10.2. The van der Waals surface area contributed by atoms with Gasteiger partial charge in [-0.1, -0.05) is 49.6 Å². The summed E-state index contributed by atoms with van der Waals surface area (Å²) in [6, 6.07) is 10.5. The summed E-state index contributed by atoms with van der Waals surface area (Å²) in [5.74, 6) is 0.120. The van der Waals surface area contributed by atoms with Crippen molar-refractivity contribution in [2.75, 3.05) is 6.54 Å². The van der Waals surface area contributed by atoms with Crippen molar-refractivity contribution in [2.45, 2.75) is 64.0 Å². The van der Waals surface area contributed by atoms with E-state index in [9.17, 15) is 4.79 Å². The van der Waals surface area contributed by atoms with Gasteiger partial charge in [-0.3, -0.25) is 4.79 Å². The number of amides is 1. The number of hydrogen-bond acceptors (Lipinski definition) is 2.